The average molecular weight is 213 g/mol. The maximum atomic E-state index is 13.2. The highest BCUT2D eigenvalue weighted by Gasteiger charge is 2.22. The van der Waals surface area contributed by atoms with Gasteiger partial charge in [0.05, 0.1) is 5.92 Å². The molecule has 0 aliphatic heterocycles. The number of rotatable bonds is 3. The molecular formula is C10H12FNO3. The maximum Gasteiger partial charge on any atom is 0.312 e. The van der Waals surface area contributed by atoms with Crippen molar-refractivity contribution in [1.82, 2.24) is 0 Å². The summed E-state index contributed by atoms with van der Waals surface area (Å²) in [6, 6.07) is 2.20. The minimum Gasteiger partial charge on any atom is -0.508 e. The van der Waals surface area contributed by atoms with Gasteiger partial charge in [0.1, 0.15) is 11.6 Å². The van der Waals surface area contributed by atoms with Crippen LogP contribution in [0.25, 0.3) is 0 Å². The zero-order valence-electron chi connectivity index (χ0n) is 8.20. The molecule has 0 saturated carbocycles. The van der Waals surface area contributed by atoms with Crippen molar-refractivity contribution in [3.05, 3.63) is 29.1 Å². The van der Waals surface area contributed by atoms with Crippen LogP contribution in [0, 0.1) is 12.7 Å². The van der Waals surface area contributed by atoms with E-state index >= 15 is 0 Å². The molecule has 0 radical (unpaired) electrons. The number of halogens is 1. The lowest BCUT2D eigenvalue weighted by atomic mass is 9.97. The van der Waals surface area contributed by atoms with Gasteiger partial charge in [-0.3, -0.25) is 4.79 Å². The van der Waals surface area contributed by atoms with Crippen LogP contribution in [-0.4, -0.2) is 22.7 Å². The van der Waals surface area contributed by atoms with Crippen LogP contribution in [0.3, 0.4) is 0 Å². The molecule has 0 bridgehead atoms. The number of aromatic hydroxyl groups is 1. The Morgan fingerprint density at radius 2 is 2.20 bits per heavy atom. The van der Waals surface area contributed by atoms with Gasteiger partial charge >= 0.3 is 5.97 Å². The molecule has 0 aliphatic rings. The summed E-state index contributed by atoms with van der Waals surface area (Å²) >= 11 is 0. The van der Waals surface area contributed by atoms with Gasteiger partial charge in [-0.1, -0.05) is 0 Å². The van der Waals surface area contributed by atoms with Gasteiger partial charge in [0.15, 0.2) is 0 Å². The van der Waals surface area contributed by atoms with E-state index < -0.39 is 17.7 Å². The second-order valence-electron chi connectivity index (χ2n) is 3.29. The third kappa shape index (κ3) is 2.24. The minimum atomic E-state index is -1.18. The summed E-state index contributed by atoms with van der Waals surface area (Å²) in [5.41, 5.74) is 5.52. The number of aliphatic carboxylic acids is 1. The van der Waals surface area contributed by atoms with Crippen LogP contribution in [0.4, 0.5) is 4.39 Å². The van der Waals surface area contributed by atoms with Crippen molar-refractivity contribution in [2.24, 2.45) is 5.73 Å². The molecule has 0 saturated heterocycles. The molecule has 0 aliphatic carbocycles. The first-order valence-corrected chi connectivity index (χ1v) is 4.39. The van der Waals surface area contributed by atoms with E-state index in [2.05, 4.69) is 0 Å². The molecule has 0 aromatic heterocycles. The normalized spacial score (nSPS) is 12.5. The smallest absolute Gasteiger partial charge is 0.312 e. The zero-order valence-corrected chi connectivity index (χ0v) is 8.20. The quantitative estimate of drug-likeness (QED) is 0.698. The lowest BCUT2D eigenvalue weighted by Crippen LogP contribution is -2.21. The summed E-state index contributed by atoms with van der Waals surface area (Å²) in [4.78, 5) is 10.8. The summed E-state index contributed by atoms with van der Waals surface area (Å²) < 4.78 is 13.2. The summed E-state index contributed by atoms with van der Waals surface area (Å²) in [6.45, 7) is 1.29. The zero-order chi connectivity index (χ0) is 11.6. The van der Waals surface area contributed by atoms with E-state index in [0.29, 0.717) is 0 Å². The minimum absolute atomic E-state index is 0.00750. The van der Waals surface area contributed by atoms with Crippen LogP contribution in [-0.2, 0) is 4.79 Å². The third-order valence-electron chi connectivity index (χ3n) is 2.22. The molecule has 5 heteroatoms. The van der Waals surface area contributed by atoms with Crippen LogP contribution in [0.15, 0.2) is 12.1 Å². The van der Waals surface area contributed by atoms with Crippen molar-refractivity contribution in [2.45, 2.75) is 12.8 Å². The Balaban J connectivity index is 3.24. The number of hydrogen-bond donors (Lipinski definition) is 3. The molecule has 1 aromatic carbocycles. The van der Waals surface area contributed by atoms with E-state index in [-0.39, 0.29) is 23.4 Å². The number of nitrogens with two attached hydrogens (primary N) is 1. The van der Waals surface area contributed by atoms with Crippen LogP contribution in [0.1, 0.15) is 17.0 Å². The van der Waals surface area contributed by atoms with Crippen molar-refractivity contribution in [3.8, 4) is 5.75 Å². The molecule has 4 N–H and O–H groups in total. The molecule has 0 amide bonds. The Kier molecular flexibility index (Phi) is 3.26. The highest BCUT2D eigenvalue weighted by molar-refractivity contribution is 5.77. The van der Waals surface area contributed by atoms with E-state index in [1.54, 1.807) is 0 Å². The van der Waals surface area contributed by atoms with Crippen LogP contribution in [0.5, 0.6) is 5.75 Å². The molecule has 82 valence electrons. The third-order valence-corrected chi connectivity index (χ3v) is 2.22. The number of aryl methyl sites for hydroxylation is 1. The lowest BCUT2D eigenvalue weighted by molar-refractivity contribution is -0.138. The van der Waals surface area contributed by atoms with Gasteiger partial charge in [-0.05, 0) is 24.6 Å². The predicted octanol–water partition coefficient (Wildman–Crippen LogP) is 0.967. The number of carbonyl (C=O) groups is 1. The number of phenols is 1. The molecule has 0 fully saturated rings. The highest BCUT2D eigenvalue weighted by Crippen LogP contribution is 2.28. The van der Waals surface area contributed by atoms with Crippen LogP contribution in [0.2, 0.25) is 0 Å². The number of phenolic OH excluding ortho intramolecular Hbond substituents is 1. The Morgan fingerprint density at radius 1 is 1.60 bits per heavy atom. The molecule has 4 nitrogen and oxygen atoms in total. The van der Waals surface area contributed by atoms with E-state index in [4.69, 9.17) is 10.8 Å². The Bertz CT molecular complexity index is 392. The first-order chi connectivity index (χ1) is 6.97. The van der Waals surface area contributed by atoms with E-state index in [0.717, 1.165) is 6.07 Å². The van der Waals surface area contributed by atoms with Crippen molar-refractivity contribution < 1.29 is 19.4 Å². The molecular weight excluding hydrogens is 201 g/mol. The van der Waals surface area contributed by atoms with Gasteiger partial charge in [0.25, 0.3) is 0 Å². The summed E-state index contributed by atoms with van der Waals surface area (Å²) in [6.07, 6.45) is 0. The number of carboxylic acid groups (broad SMARTS) is 1. The second kappa shape index (κ2) is 4.27. The van der Waals surface area contributed by atoms with Gasteiger partial charge in [-0.25, -0.2) is 4.39 Å². The van der Waals surface area contributed by atoms with Crippen molar-refractivity contribution in [3.63, 3.8) is 0 Å². The Labute approximate surface area is 86.1 Å². The molecule has 1 unspecified atom stereocenters. The van der Waals surface area contributed by atoms with Gasteiger partial charge < -0.3 is 15.9 Å². The van der Waals surface area contributed by atoms with Crippen molar-refractivity contribution in [2.75, 3.05) is 6.54 Å². The number of carboxylic acids is 1. The van der Waals surface area contributed by atoms with Crippen molar-refractivity contribution in [1.29, 1.82) is 0 Å². The molecule has 0 heterocycles. The molecule has 0 spiro atoms. The summed E-state index contributed by atoms with van der Waals surface area (Å²) in [5, 5.41) is 18.3. The maximum absolute atomic E-state index is 13.2. The molecule has 1 aromatic rings. The second-order valence-corrected chi connectivity index (χ2v) is 3.29. The molecule has 1 atom stereocenters. The monoisotopic (exact) mass is 213 g/mol. The molecule has 15 heavy (non-hydrogen) atoms. The van der Waals surface area contributed by atoms with Crippen LogP contribution >= 0.6 is 0 Å². The summed E-state index contributed by atoms with van der Waals surface area (Å²) in [5.74, 6) is -3.06. The van der Waals surface area contributed by atoms with E-state index in [9.17, 15) is 14.3 Å². The first kappa shape index (κ1) is 11.5. The molecule has 1 rings (SSSR count). The summed E-state index contributed by atoms with van der Waals surface area (Å²) in [7, 11) is 0. The predicted molar refractivity (Wildman–Crippen MR) is 52.2 cm³/mol. The fourth-order valence-corrected chi connectivity index (χ4v) is 1.32. The first-order valence-electron chi connectivity index (χ1n) is 4.39. The number of hydrogen-bond acceptors (Lipinski definition) is 3. The van der Waals surface area contributed by atoms with E-state index in [1.807, 2.05) is 0 Å². The van der Waals surface area contributed by atoms with Crippen molar-refractivity contribution >= 4 is 5.97 Å². The van der Waals surface area contributed by atoms with Gasteiger partial charge in [-0.15, -0.1) is 0 Å². The largest absolute Gasteiger partial charge is 0.508 e. The Morgan fingerprint density at radius 3 is 2.67 bits per heavy atom. The topological polar surface area (TPSA) is 83.5 Å². The van der Waals surface area contributed by atoms with Crippen LogP contribution < -0.4 is 5.73 Å². The van der Waals surface area contributed by atoms with Gasteiger partial charge in [0, 0.05) is 12.1 Å². The average Bonchev–Trinajstić information content (AvgIpc) is 2.14. The highest BCUT2D eigenvalue weighted by atomic mass is 19.1. The van der Waals surface area contributed by atoms with Gasteiger partial charge in [0.2, 0.25) is 0 Å². The SMILES string of the molecule is Cc1cc(O)c(C(CN)C(=O)O)cc1F. The number of benzene rings is 1. The fourth-order valence-electron chi connectivity index (χ4n) is 1.32. The van der Waals surface area contributed by atoms with E-state index in [1.165, 1.54) is 13.0 Å². The Hall–Kier alpha value is -1.62. The lowest BCUT2D eigenvalue weighted by Gasteiger charge is -2.12. The standard InChI is InChI=1S/C10H12FNO3/c1-5-2-9(13)6(3-8(5)11)7(4-12)10(14)15/h2-3,7,13H,4,12H2,1H3,(H,14,15). The fraction of sp³-hybridized carbons (Fsp3) is 0.300. The van der Waals surface area contributed by atoms with Gasteiger partial charge in [-0.2, -0.15) is 0 Å².